The first-order valence-corrected chi connectivity index (χ1v) is 11.2. The Labute approximate surface area is 188 Å². The SMILES string of the molecule is COc1cc2c(cc1OCCCCCC(=O)Nc1ccccc1)N=C[C@@H]1CCCN1C2=O. The van der Waals surface area contributed by atoms with Crippen LogP contribution in [-0.4, -0.2) is 49.2 Å². The lowest BCUT2D eigenvalue weighted by Crippen LogP contribution is -2.35. The van der Waals surface area contributed by atoms with Crippen LogP contribution in [0.5, 0.6) is 11.5 Å². The topological polar surface area (TPSA) is 80.2 Å². The number of para-hydroxylation sites is 1. The molecule has 32 heavy (non-hydrogen) atoms. The van der Waals surface area contributed by atoms with Gasteiger partial charge in [-0.05, 0) is 50.3 Å². The van der Waals surface area contributed by atoms with E-state index in [1.807, 2.05) is 41.4 Å². The van der Waals surface area contributed by atoms with Gasteiger partial charge >= 0.3 is 0 Å². The summed E-state index contributed by atoms with van der Waals surface area (Å²) in [4.78, 5) is 31.4. The minimum absolute atomic E-state index is 0.00127. The molecule has 2 aromatic rings. The van der Waals surface area contributed by atoms with Crippen LogP contribution in [-0.2, 0) is 4.79 Å². The van der Waals surface area contributed by atoms with Crippen molar-refractivity contribution in [3.63, 3.8) is 0 Å². The van der Waals surface area contributed by atoms with Gasteiger partial charge in [0.25, 0.3) is 5.91 Å². The van der Waals surface area contributed by atoms with Crippen molar-refractivity contribution in [3.05, 3.63) is 48.0 Å². The van der Waals surface area contributed by atoms with Gasteiger partial charge in [0.15, 0.2) is 11.5 Å². The molecule has 2 aromatic carbocycles. The van der Waals surface area contributed by atoms with Crippen molar-refractivity contribution in [2.45, 2.75) is 44.6 Å². The average molecular weight is 436 g/mol. The molecule has 0 unspecified atom stereocenters. The molecule has 7 heteroatoms. The monoisotopic (exact) mass is 435 g/mol. The van der Waals surface area contributed by atoms with Crippen LogP contribution in [0, 0.1) is 0 Å². The number of nitrogens with one attached hydrogen (secondary N) is 1. The first-order chi connectivity index (χ1) is 15.7. The summed E-state index contributed by atoms with van der Waals surface area (Å²) in [5.74, 6) is 1.14. The molecule has 0 radical (unpaired) electrons. The largest absolute Gasteiger partial charge is 0.493 e. The Bertz CT molecular complexity index is 990. The van der Waals surface area contributed by atoms with Gasteiger partial charge in [0.1, 0.15) is 0 Å². The van der Waals surface area contributed by atoms with E-state index in [4.69, 9.17) is 9.47 Å². The molecule has 1 N–H and O–H groups in total. The molecule has 0 saturated carbocycles. The Kier molecular flexibility index (Phi) is 7.04. The lowest BCUT2D eigenvalue weighted by atomic mass is 10.1. The quantitative estimate of drug-likeness (QED) is 0.584. The molecule has 0 spiro atoms. The van der Waals surface area contributed by atoms with Gasteiger partial charge in [-0.1, -0.05) is 18.2 Å². The van der Waals surface area contributed by atoms with E-state index in [1.165, 1.54) is 0 Å². The molecule has 0 aliphatic carbocycles. The van der Waals surface area contributed by atoms with Crippen LogP contribution >= 0.6 is 0 Å². The maximum Gasteiger partial charge on any atom is 0.256 e. The molecule has 1 atom stereocenters. The number of hydrogen-bond donors (Lipinski definition) is 1. The molecule has 168 valence electrons. The van der Waals surface area contributed by atoms with Gasteiger partial charge in [0.2, 0.25) is 5.91 Å². The molecular weight excluding hydrogens is 406 g/mol. The number of anilines is 1. The molecule has 7 nitrogen and oxygen atoms in total. The molecule has 2 aliphatic heterocycles. The van der Waals surface area contributed by atoms with Crippen molar-refractivity contribution in [3.8, 4) is 11.5 Å². The summed E-state index contributed by atoms with van der Waals surface area (Å²) < 4.78 is 11.4. The normalized spacial score (nSPS) is 16.8. The lowest BCUT2D eigenvalue weighted by molar-refractivity contribution is -0.116. The fourth-order valence-corrected chi connectivity index (χ4v) is 4.11. The third-order valence-electron chi connectivity index (χ3n) is 5.82. The number of unbranched alkanes of at least 4 members (excludes halogenated alkanes) is 2. The van der Waals surface area contributed by atoms with E-state index in [2.05, 4.69) is 10.3 Å². The predicted molar refractivity (Wildman–Crippen MR) is 124 cm³/mol. The highest BCUT2D eigenvalue weighted by Crippen LogP contribution is 2.38. The first kappa shape index (κ1) is 21.9. The number of nitrogens with zero attached hydrogens (tertiary/aromatic N) is 2. The zero-order chi connectivity index (χ0) is 22.3. The van der Waals surface area contributed by atoms with E-state index in [9.17, 15) is 9.59 Å². The zero-order valence-electron chi connectivity index (χ0n) is 18.4. The lowest BCUT2D eigenvalue weighted by Gasteiger charge is -2.20. The number of aliphatic imine (C=N–C) groups is 1. The summed E-state index contributed by atoms with van der Waals surface area (Å²) in [5.41, 5.74) is 2.00. The summed E-state index contributed by atoms with van der Waals surface area (Å²) in [7, 11) is 1.57. The number of benzene rings is 2. The third-order valence-corrected chi connectivity index (χ3v) is 5.82. The van der Waals surface area contributed by atoms with Crippen molar-refractivity contribution in [1.29, 1.82) is 0 Å². The second-order valence-electron chi connectivity index (χ2n) is 8.08. The van der Waals surface area contributed by atoms with Gasteiger partial charge in [-0.25, -0.2) is 0 Å². The number of fused-ring (bicyclic) bond motifs is 2. The Morgan fingerprint density at radius 2 is 2.00 bits per heavy atom. The second kappa shape index (κ2) is 10.3. The van der Waals surface area contributed by atoms with Crippen LogP contribution in [0.4, 0.5) is 11.4 Å². The van der Waals surface area contributed by atoms with Gasteiger partial charge in [-0.2, -0.15) is 0 Å². The Hall–Kier alpha value is -3.35. The maximum absolute atomic E-state index is 12.9. The van der Waals surface area contributed by atoms with Gasteiger partial charge in [-0.3, -0.25) is 14.6 Å². The van der Waals surface area contributed by atoms with Gasteiger partial charge < -0.3 is 19.7 Å². The average Bonchev–Trinajstić information content (AvgIpc) is 3.24. The predicted octanol–water partition coefficient (Wildman–Crippen LogP) is 4.59. The Balaban J connectivity index is 1.27. The van der Waals surface area contributed by atoms with Crippen molar-refractivity contribution in [1.82, 2.24) is 4.90 Å². The highest BCUT2D eigenvalue weighted by Gasteiger charge is 2.32. The summed E-state index contributed by atoms with van der Waals surface area (Å²) in [5, 5.41) is 2.89. The minimum Gasteiger partial charge on any atom is -0.493 e. The molecule has 1 fully saturated rings. The summed E-state index contributed by atoms with van der Waals surface area (Å²) in [6, 6.07) is 13.1. The summed E-state index contributed by atoms with van der Waals surface area (Å²) in [6.45, 7) is 1.26. The van der Waals surface area contributed by atoms with Crippen molar-refractivity contribution in [2.24, 2.45) is 4.99 Å². The Morgan fingerprint density at radius 1 is 1.16 bits per heavy atom. The Morgan fingerprint density at radius 3 is 2.81 bits per heavy atom. The van der Waals surface area contributed by atoms with Crippen LogP contribution in [0.15, 0.2) is 47.5 Å². The van der Waals surface area contributed by atoms with Crippen LogP contribution in [0.1, 0.15) is 48.9 Å². The molecule has 0 aromatic heterocycles. The van der Waals surface area contributed by atoms with Crippen LogP contribution < -0.4 is 14.8 Å². The van der Waals surface area contributed by atoms with Gasteiger partial charge in [-0.15, -0.1) is 0 Å². The highest BCUT2D eigenvalue weighted by atomic mass is 16.5. The number of methoxy groups -OCH3 is 1. The molecule has 2 heterocycles. The van der Waals surface area contributed by atoms with E-state index in [0.717, 1.165) is 44.3 Å². The molecule has 2 amide bonds. The fourth-order valence-electron chi connectivity index (χ4n) is 4.11. The van der Waals surface area contributed by atoms with Crippen LogP contribution in [0.2, 0.25) is 0 Å². The molecule has 2 aliphatic rings. The smallest absolute Gasteiger partial charge is 0.256 e. The number of carbonyl (C=O) groups excluding carboxylic acids is 2. The van der Waals surface area contributed by atoms with Gasteiger partial charge in [0.05, 0.1) is 31.0 Å². The summed E-state index contributed by atoms with van der Waals surface area (Å²) in [6.07, 6.45) is 6.79. The molecule has 1 saturated heterocycles. The number of ether oxygens (including phenoxy) is 2. The molecular formula is C25H29N3O4. The number of amides is 2. The van der Waals surface area contributed by atoms with E-state index >= 15 is 0 Å². The fraction of sp³-hybridized carbons (Fsp3) is 0.400. The number of rotatable bonds is 9. The summed E-state index contributed by atoms with van der Waals surface area (Å²) >= 11 is 0. The van der Waals surface area contributed by atoms with Crippen molar-refractivity contribution < 1.29 is 19.1 Å². The maximum atomic E-state index is 12.9. The highest BCUT2D eigenvalue weighted by molar-refractivity contribution is 6.03. The molecule has 4 rings (SSSR count). The third kappa shape index (κ3) is 5.10. The number of carbonyl (C=O) groups is 2. The standard InChI is InChI=1S/C25H29N3O4/c1-31-22-15-20-21(26-17-19-11-8-13-28(19)25(20)30)16-23(22)32-14-7-3-6-12-24(29)27-18-9-4-2-5-10-18/h2,4-5,9-10,15-17,19H,3,6-8,11-14H2,1H3,(H,27,29)/t19-/m0/s1. The van der Waals surface area contributed by atoms with Gasteiger partial charge in [0, 0.05) is 30.9 Å². The molecule has 0 bridgehead atoms. The first-order valence-electron chi connectivity index (χ1n) is 11.2. The van der Waals surface area contributed by atoms with Crippen molar-refractivity contribution >= 4 is 29.4 Å². The van der Waals surface area contributed by atoms with E-state index < -0.39 is 0 Å². The van der Waals surface area contributed by atoms with E-state index in [1.54, 1.807) is 19.2 Å². The zero-order valence-corrected chi connectivity index (χ0v) is 18.4. The second-order valence-corrected chi connectivity index (χ2v) is 8.08. The number of hydrogen-bond acceptors (Lipinski definition) is 5. The van der Waals surface area contributed by atoms with Crippen LogP contribution in [0.25, 0.3) is 0 Å². The minimum atomic E-state index is -0.00127. The van der Waals surface area contributed by atoms with E-state index in [-0.39, 0.29) is 17.9 Å². The van der Waals surface area contributed by atoms with E-state index in [0.29, 0.717) is 35.8 Å². The van der Waals surface area contributed by atoms with Crippen LogP contribution in [0.3, 0.4) is 0 Å². The van der Waals surface area contributed by atoms with Crippen molar-refractivity contribution in [2.75, 3.05) is 25.6 Å².